The molecular weight excluding hydrogens is 258 g/mol. The number of methoxy groups -OCH3 is 1. The van der Waals surface area contributed by atoms with Crippen LogP contribution in [0.4, 0.5) is 0 Å². The van der Waals surface area contributed by atoms with Gasteiger partial charge in [-0.25, -0.2) is 4.79 Å². The lowest BCUT2D eigenvalue weighted by molar-refractivity contribution is 0.0599. The van der Waals surface area contributed by atoms with Crippen LogP contribution in [0.15, 0.2) is 12.1 Å². The van der Waals surface area contributed by atoms with Gasteiger partial charge in [0.15, 0.2) is 0 Å². The van der Waals surface area contributed by atoms with Crippen LogP contribution in [0.25, 0.3) is 0 Å². The molecule has 0 saturated heterocycles. The molecule has 1 aliphatic rings. The van der Waals surface area contributed by atoms with Gasteiger partial charge in [0, 0.05) is 5.56 Å². The molecule has 0 amide bonds. The zero-order chi connectivity index (χ0) is 14.0. The van der Waals surface area contributed by atoms with E-state index in [0.29, 0.717) is 16.5 Å². The van der Waals surface area contributed by atoms with Crippen LogP contribution in [-0.4, -0.2) is 18.1 Å². The Morgan fingerprint density at radius 3 is 2.53 bits per heavy atom. The molecular formula is C15H19NO2S. The number of benzene rings is 1. The zero-order valence-corrected chi connectivity index (χ0v) is 12.2. The van der Waals surface area contributed by atoms with Gasteiger partial charge in [-0.15, -0.1) is 0 Å². The fourth-order valence-corrected chi connectivity index (χ4v) is 2.70. The first-order chi connectivity index (χ1) is 9.08. The Morgan fingerprint density at radius 1 is 1.42 bits per heavy atom. The molecule has 19 heavy (non-hydrogen) atoms. The largest absolute Gasteiger partial charge is 0.465 e. The lowest BCUT2D eigenvalue weighted by Gasteiger charge is -2.28. The van der Waals surface area contributed by atoms with Crippen LogP contribution in [0.3, 0.4) is 0 Å². The smallest absolute Gasteiger partial charge is 0.338 e. The summed E-state index contributed by atoms with van der Waals surface area (Å²) >= 11 is 5.13. The summed E-state index contributed by atoms with van der Waals surface area (Å²) < 4.78 is 4.83. The van der Waals surface area contributed by atoms with E-state index in [2.05, 4.69) is 6.07 Å². The molecule has 4 heteroatoms. The summed E-state index contributed by atoms with van der Waals surface area (Å²) in [7, 11) is 1.39. The Morgan fingerprint density at radius 2 is 2.11 bits per heavy atom. The van der Waals surface area contributed by atoms with Crippen molar-refractivity contribution in [2.24, 2.45) is 5.73 Å². The molecule has 0 aromatic heterocycles. The number of aryl methyl sites for hydroxylation is 1. The highest BCUT2D eigenvalue weighted by molar-refractivity contribution is 7.80. The van der Waals surface area contributed by atoms with Crippen molar-refractivity contribution < 1.29 is 9.53 Å². The van der Waals surface area contributed by atoms with E-state index in [1.807, 2.05) is 6.92 Å². The van der Waals surface area contributed by atoms with Crippen LogP contribution in [0, 0.1) is 0 Å². The second kappa shape index (κ2) is 5.70. The monoisotopic (exact) mass is 277 g/mol. The quantitative estimate of drug-likeness (QED) is 0.679. The van der Waals surface area contributed by atoms with E-state index in [9.17, 15) is 4.79 Å². The van der Waals surface area contributed by atoms with Crippen molar-refractivity contribution in [1.82, 2.24) is 0 Å². The maximum absolute atomic E-state index is 11.8. The minimum Gasteiger partial charge on any atom is -0.465 e. The van der Waals surface area contributed by atoms with E-state index in [1.54, 1.807) is 6.07 Å². The Labute approximate surface area is 119 Å². The van der Waals surface area contributed by atoms with Gasteiger partial charge in [0.05, 0.1) is 12.7 Å². The van der Waals surface area contributed by atoms with Gasteiger partial charge in [-0.1, -0.05) is 31.6 Å². The van der Waals surface area contributed by atoms with Crippen LogP contribution in [0.2, 0.25) is 0 Å². The third kappa shape index (κ3) is 2.63. The summed E-state index contributed by atoms with van der Waals surface area (Å²) in [4.78, 5) is 12.2. The van der Waals surface area contributed by atoms with Gasteiger partial charge in [0.25, 0.3) is 0 Å². The van der Waals surface area contributed by atoms with Crippen LogP contribution in [0.1, 0.15) is 59.2 Å². The summed E-state index contributed by atoms with van der Waals surface area (Å²) in [6.45, 7) is 2.03. The average Bonchev–Trinajstić information content (AvgIpc) is 2.34. The van der Waals surface area contributed by atoms with Crippen LogP contribution in [0.5, 0.6) is 0 Å². The lowest BCUT2D eigenvalue weighted by atomic mass is 9.77. The Bertz CT molecular complexity index is 521. The number of carbonyl (C=O) groups is 1. The van der Waals surface area contributed by atoms with E-state index < -0.39 is 0 Å². The standard InChI is InChI=1S/C15H19NO2S/c1-3-9-7-11(10-5-4-6-10)13(14(16)19)8-12(9)15(17)18-2/h7-8,10H,3-6H2,1-2H3,(H2,16,19). The predicted molar refractivity (Wildman–Crippen MR) is 79.6 cm³/mol. The third-order valence-corrected chi connectivity index (χ3v) is 4.09. The lowest BCUT2D eigenvalue weighted by Crippen LogP contribution is -2.20. The molecule has 1 aliphatic carbocycles. The molecule has 1 saturated carbocycles. The summed E-state index contributed by atoms with van der Waals surface area (Å²) in [5.74, 6) is 0.211. The summed E-state index contributed by atoms with van der Waals surface area (Å²) in [6.07, 6.45) is 4.40. The third-order valence-electron chi connectivity index (χ3n) is 3.87. The number of rotatable bonds is 4. The molecule has 0 atom stereocenters. The molecule has 0 spiro atoms. The maximum Gasteiger partial charge on any atom is 0.338 e. The fourth-order valence-electron chi connectivity index (χ4n) is 2.53. The van der Waals surface area contributed by atoms with Gasteiger partial charge in [-0.2, -0.15) is 0 Å². The number of hydrogen-bond acceptors (Lipinski definition) is 3. The summed E-state index contributed by atoms with van der Waals surface area (Å²) in [6, 6.07) is 3.89. The SMILES string of the molecule is CCc1cc(C2CCC2)c(C(N)=S)cc1C(=O)OC. The van der Waals surface area contributed by atoms with Gasteiger partial charge >= 0.3 is 5.97 Å². The minimum absolute atomic E-state index is 0.325. The van der Waals surface area contributed by atoms with E-state index >= 15 is 0 Å². The Hall–Kier alpha value is -1.42. The first-order valence-corrected chi connectivity index (χ1v) is 7.04. The van der Waals surface area contributed by atoms with Gasteiger partial charge in [0.2, 0.25) is 0 Å². The molecule has 0 unspecified atom stereocenters. The zero-order valence-electron chi connectivity index (χ0n) is 11.4. The number of carbonyl (C=O) groups excluding carboxylic acids is 1. The van der Waals surface area contributed by atoms with Crippen molar-refractivity contribution in [3.8, 4) is 0 Å². The Kier molecular flexibility index (Phi) is 4.20. The topological polar surface area (TPSA) is 52.3 Å². The molecule has 0 aliphatic heterocycles. The molecule has 1 aromatic carbocycles. The van der Waals surface area contributed by atoms with Gasteiger partial charge < -0.3 is 10.5 Å². The maximum atomic E-state index is 11.8. The van der Waals surface area contributed by atoms with E-state index in [0.717, 1.165) is 17.5 Å². The highest BCUT2D eigenvalue weighted by atomic mass is 32.1. The number of esters is 1. The number of thiocarbonyl (C=S) groups is 1. The predicted octanol–water partition coefficient (Wildman–Crippen LogP) is 2.94. The first-order valence-electron chi connectivity index (χ1n) is 6.63. The number of hydrogen-bond donors (Lipinski definition) is 1. The second-order valence-corrected chi connectivity index (χ2v) is 5.37. The molecule has 3 nitrogen and oxygen atoms in total. The van der Waals surface area contributed by atoms with E-state index in [-0.39, 0.29) is 5.97 Å². The van der Waals surface area contributed by atoms with Gasteiger partial charge in [0.1, 0.15) is 4.99 Å². The van der Waals surface area contributed by atoms with E-state index in [1.165, 1.54) is 31.9 Å². The molecule has 2 N–H and O–H groups in total. The van der Waals surface area contributed by atoms with Crippen molar-refractivity contribution >= 4 is 23.2 Å². The molecule has 2 rings (SSSR count). The van der Waals surface area contributed by atoms with Crippen molar-refractivity contribution in [2.75, 3.05) is 7.11 Å². The normalized spacial score (nSPS) is 14.8. The molecule has 102 valence electrons. The molecule has 0 radical (unpaired) electrons. The fraction of sp³-hybridized carbons (Fsp3) is 0.467. The van der Waals surface area contributed by atoms with Gasteiger partial charge in [-0.3, -0.25) is 0 Å². The highest BCUT2D eigenvalue weighted by Gasteiger charge is 2.25. The van der Waals surface area contributed by atoms with Crippen molar-refractivity contribution in [1.29, 1.82) is 0 Å². The van der Waals surface area contributed by atoms with Crippen LogP contribution >= 0.6 is 12.2 Å². The molecule has 1 aromatic rings. The first kappa shape index (κ1) is 14.0. The molecule has 1 fully saturated rings. The summed E-state index contributed by atoms with van der Waals surface area (Å²) in [5, 5.41) is 0. The minimum atomic E-state index is -0.325. The van der Waals surface area contributed by atoms with Crippen molar-refractivity contribution in [3.05, 3.63) is 34.4 Å². The van der Waals surface area contributed by atoms with E-state index in [4.69, 9.17) is 22.7 Å². The van der Waals surface area contributed by atoms with Crippen LogP contribution in [-0.2, 0) is 11.2 Å². The summed E-state index contributed by atoms with van der Waals surface area (Å²) in [5.41, 5.74) is 9.43. The highest BCUT2D eigenvalue weighted by Crippen LogP contribution is 2.39. The van der Waals surface area contributed by atoms with Crippen molar-refractivity contribution in [2.45, 2.75) is 38.5 Å². The van der Waals surface area contributed by atoms with Gasteiger partial charge in [-0.05, 0) is 42.4 Å². The average molecular weight is 277 g/mol. The number of nitrogens with two attached hydrogens (primary N) is 1. The number of ether oxygens (including phenoxy) is 1. The molecule has 0 bridgehead atoms. The second-order valence-electron chi connectivity index (χ2n) is 4.93. The molecule has 0 heterocycles. The van der Waals surface area contributed by atoms with Crippen molar-refractivity contribution in [3.63, 3.8) is 0 Å². The Balaban J connectivity index is 2.55. The van der Waals surface area contributed by atoms with Crippen LogP contribution < -0.4 is 5.73 Å².